The molecule has 5 rings (SSSR count). The van der Waals surface area contributed by atoms with Crippen molar-refractivity contribution in [3.63, 3.8) is 0 Å². The fourth-order valence-electron chi connectivity index (χ4n) is 3.20. The number of hydrogen-bond donors (Lipinski definition) is 1. The summed E-state index contributed by atoms with van der Waals surface area (Å²) in [4.78, 5) is 27.7. The normalized spacial score (nSPS) is 11.0. The van der Waals surface area contributed by atoms with Crippen LogP contribution in [0.25, 0.3) is 43.7 Å². The molecule has 0 saturated heterocycles. The number of benzene rings is 1. The van der Waals surface area contributed by atoms with Gasteiger partial charge in [0.2, 0.25) is 5.69 Å². The summed E-state index contributed by atoms with van der Waals surface area (Å²) in [7, 11) is 0. The zero-order valence-electron chi connectivity index (χ0n) is 14.5. The number of nitrogens with one attached hydrogen (secondary N) is 1. The Hall–Kier alpha value is -4.31. The molecular formula is C21H12N6O. The van der Waals surface area contributed by atoms with Crippen LogP contribution in [0, 0.1) is 6.57 Å². The van der Waals surface area contributed by atoms with Gasteiger partial charge >= 0.3 is 0 Å². The smallest absolute Gasteiger partial charge is 0.224 e. The van der Waals surface area contributed by atoms with Crippen molar-refractivity contribution in [1.82, 2.24) is 24.7 Å². The number of aromatic amines is 1. The lowest BCUT2D eigenvalue weighted by molar-refractivity contribution is 0.853. The van der Waals surface area contributed by atoms with Crippen LogP contribution in [-0.2, 0) is 0 Å². The lowest BCUT2D eigenvalue weighted by Gasteiger charge is -2.11. The zero-order chi connectivity index (χ0) is 19.1. The number of rotatable bonds is 2. The summed E-state index contributed by atoms with van der Waals surface area (Å²) in [5, 5.41) is 5.74. The number of aromatic nitrogens is 5. The third-order valence-corrected chi connectivity index (χ3v) is 4.55. The van der Waals surface area contributed by atoms with Crippen molar-refractivity contribution >= 4 is 27.6 Å². The largest absolute Gasteiger partial charge is 0.346 e. The van der Waals surface area contributed by atoms with E-state index in [4.69, 9.17) is 6.57 Å². The first kappa shape index (κ1) is 15.9. The van der Waals surface area contributed by atoms with Gasteiger partial charge in [0.15, 0.2) is 11.2 Å². The van der Waals surface area contributed by atoms with Gasteiger partial charge in [-0.1, -0.05) is 12.1 Å². The topological polar surface area (TPSA) is 80.8 Å². The standard InChI is InChI=1S/C21H12N6O/c1-22-15-11-25-27(12-15)21-16(10-17-19(28)6-8-24-20(17)26-21)13-4-5-18-14(9-13)3-2-7-23-18/h2-12H,(H,24,26,28). The second kappa shape index (κ2) is 6.14. The van der Waals surface area contributed by atoms with Gasteiger partial charge in [-0.3, -0.25) is 9.78 Å². The molecule has 0 aliphatic rings. The zero-order valence-corrected chi connectivity index (χ0v) is 14.5. The number of nitrogens with zero attached hydrogens (tertiary/aromatic N) is 5. The van der Waals surface area contributed by atoms with Gasteiger partial charge < -0.3 is 4.98 Å². The molecule has 0 amide bonds. The Balaban J connectivity index is 1.84. The van der Waals surface area contributed by atoms with Crippen molar-refractivity contribution in [2.45, 2.75) is 0 Å². The second-order valence-electron chi connectivity index (χ2n) is 6.26. The molecule has 4 heterocycles. The van der Waals surface area contributed by atoms with Gasteiger partial charge in [0.1, 0.15) is 5.65 Å². The van der Waals surface area contributed by atoms with Gasteiger partial charge in [-0.2, -0.15) is 5.10 Å². The van der Waals surface area contributed by atoms with Crippen LogP contribution in [0.5, 0.6) is 0 Å². The van der Waals surface area contributed by atoms with Crippen molar-refractivity contribution in [3.05, 3.63) is 88.9 Å². The molecule has 0 saturated carbocycles. The van der Waals surface area contributed by atoms with E-state index in [1.807, 2.05) is 36.4 Å². The van der Waals surface area contributed by atoms with Crippen LogP contribution in [-0.4, -0.2) is 24.7 Å². The monoisotopic (exact) mass is 364 g/mol. The molecule has 0 unspecified atom stereocenters. The maximum Gasteiger partial charge on any atom is 0.224 e. The molecule has 0 atom stereocenters. The van der Waals surface area contributed by atoms with E-state index in [2.05, 4.69) is 24.9 Å². The Morgan fingerprint density at radius 2 is 2.07 bits per heavy atom. The summed E-state index contributed by atoms with van der Waals surface area (Å²) in [6.45, 7) is 7.18. The summed E-state index contributed by atoms with van der Waals surface area (Å²) in [5.74, 6) is 0.535. The third kappa shape index (κ3) is 2.52. The summed E-state index contributed by atoms with van der Waals surface area (Å²) < 4.78 is 1.56. The van der Waals surface area contributed by atoms with Gasteiger partial charge in [-0.05, 0) is 29.8 Å². The lowest BCUT2D eigenvalue weighted by Crippen LogP contribution is -2.07. The highest BCUT2D eigenvalue weighted by Gasteiger charge is 2.14. The fourth-order valence-corrected chi connectivity index (χ4v) is 3.20. The second-order valence-corrected chi connectivity index (χ2v) is 6.26. The third-order valence-electron chi connectivity index (χ3n) is 4.55. The molecule has 0 radical (unpaired) electrons. The first-order chi connectivity index (χ1) is 13.7. The first-order valence-corrected chi connectivity index (χ1v) is 8.53. The van der Waals surface area contributed by atoms with Gasteiger partial charge in [0, 0.05) is 35.6 Å². The molecule has 0 aliphatic heterocycles. The van der Waals surface area contributed by atoms with Crippen LogP contribution in [0.4, 0.5) is 5.69 Å². The summed E-state index contributed by atoms with van der Waals surface area (Å²) >= 11 is 0. The van der Waals surface area contributed by atoms with Crippen molar-refractivity contribution in [1.29, 1.82) is 0 Å². The van der Waals surface area contributed by atoms with Gasteiger partial charge in [-0.25, -0.2) is 14.5 Å². The highest BCUT2D eigenvalue weighted by molar-refractivity contribution is 5.89. The molecule has 0 spiro atoms. The molecular weight excluding hydrogens is 352 g/mol. The number of pyridine rings is 3. The van der Waals surface area contributed by atoms with E-state index in [9.17, 15) is 4.79 Å². The Morgan fingerprint density at radius 3 is 2.93 bits per heavy atom. The Bertz CT molecular complexity index is 1460. The van der Waals surface area contributed by atoms with Crippen LogP contribution >= 0.6 is 0 Å². The summed E-state index contributed by atoms with van der Waals surface area (Å²) in [6.07, 6.45) is 6.42. The molecule has 0 aliphatic carbocycles. The fraction of sp³-hybridized carbons (Fsp3) is 0. The summed E-state index contributed by atoms with van der Waals surface area (Å²) in [6, 6.07) is 13.0. The molecule has 0 bridgehead atoms. The Morgan fingerprint density at radius 1 is 1.14 bits per heavy atom. The van der Waals surface area contributed by atoms with E-state index in [-0.39, 0.29) is 5.43 Å². The highest BCUT2D eigenvalue weighted by Crippen LogP contribution is 2.30. The molecule has 5 aromatic rings. The van der Waals surface area contributed by atoms with Crippen LogP contribution in [0.2, 0.25) is 0 Å². The van der Waals surface area contributed by atoms with Gasteiger partial charge in [0.25, 0.3) is 0 Å². The number of fused-ring (bicyclic) bond motifs is 2. The molecule has 0 fully saturated rings. The van der Waals surface area contributed by atoms with E-state index in [0.29, 0.717) is 22.5 Å². The van der Waals surface area contributed by atoms with Crippen molar-refractivity contribution in [3.8, 4) is 16.9 Å². The minimum Gasteiger partial charge on any atom is -0.346 e. The maximum atomic E-state index is 12.3. The maximum absolute atomic E-state index is 12.3. The van der Waals surface area contributed by atoms with Crippen LogP contribution < -0.4 is 5.43 Å². The molecule has 1 N–H and O–H groups in total. The molecule has 4 aromatic heterocycles. The van der Waals surface area contributed by atoms with E-state index in [1.165, 1.54) is 12.3 Å². The molecule has 28 heavy (non-hydrogen) atoms. The molecule has 132 valence electrons. The van der Waals surface area contributed by atoms with E-state index in [1.54, 1.807) is 23.3 Å². The molecule has 1 aromatic carbocycles. The highest BCUT2D eigenvalue weighted by atomic mass is 16.1. The average Bonchev–Trinajstić information content (AvgIpc) is 3.22. The Labute approximate surface area is 158 Å². The number of hydrogen-bond acceptors (Lipinski definition) is 4. The number of H-pyrrole nitrogens is 1. The first-order valence-electron chi connectivity index (χ1n) is 8.53. The minimum atomic E-state index is -0.112. The SMILES string of the molecule is [C-]#[N+]c1cnn(-c2nc3[nH]ccc(=O)c3cc2-c2ccc3ncccc3c2)c1. The van der Waals surface area contributed by atoms with E-state index < -0.39 is 0 Å². The predicted molar refractivity (Wildman–Crippen MR) is 106 cm³/mol. The quantitative estimate of drug-likeness (QED) is 0.482. The summed E-state index contributed by atoms with van der Waals surface area (Å²) in [5.41, 5.74) is 3.28. The predicted octanol–water partition coefficient (Wildman–Crippen LogP) is 3.87. The van der Waals surface area contributed by atoms with E-state index >= 15 is 0 Å². The van der Waals surface area contributed by atoms with Crippen molar-refractivity contribution in [2.24, 2.45) is 0 Å². The van der Waals surface area contributed by atoms with Gasteiger partial charge in [0.05, 0.1) is 23.7 Å². The minimum absolute atomic E-state index is 0.112. The van der Waals surface area contributed by atoms with Crippen molar-refractivity contribution < 1.29 is 0 Å². The van der Waals surface area contributed by atoms with Crippen molar-refractivity contribution in [2.75, 3.05) is 0 Å². The van der Waals surface area contributed by atoms with E-state index in [0.717, 1.165) is 22.0 Å². The Kier molecular flexibility index (Phi) is 3.49. The average molecular weight is 364 g/mol. The molecule has 7 heteroatoms. The van der Waals surface area contributed by atoms with Crippen LogP contribution in [0.15, 0.2) is 72.0 Å². The van der Waals surface area contributed by atoms with Crippen LogP contribution in [0.1, 0.15) is 0 Å². The van der Waals surface area contributed by atoms with Crippen LogP contribution in [0.3, 0.4) is 0 Å². The lowest BCUT2D eigenvalue weighted by atomic mass is 10.0. The molecule has 7 nitrogen and oxygen atoms in total. The van der Waals surface area contributed by atoms with Gasteiger partial charge in [-0.15, -0.1) is 0 Å².